The molecule has 0 radical (unpaired) electrons. The maximum absolute atomic E-state index is 6.03. The van der Waals surface area contributed by atoms with Gasteiger partial charge in [-0.3, -0.25) is 0 Å². The second-order valence-corrected chi connectivity index (χ2v) is 4.74. The number of rotatable bonds is 3. The summed E-state index contributed by atoms with van der Waals surface area (Å²) in [6.45, 7) is 2.04. The van der Waals surface area contributed by atoms with Crippen LogP contribution in [0.25, 0.3) is 0 Å². The third kappa shape index (κ3) is 2.35. The second-order valence-electron chi connectivity index (χ2n) is 4.74. The van der Waals surface area contributed by atoms with Crippen LogP contribution >= 0.6 is 0 Å². The van der Waals surface area contributed by atoms with Gasteiger partial charge in [-0.15, -0.1) is 0 Å². The van der Waals surface area contributed by atoms with E-state index in [1.165, 1.54) is 12.8 Å². The van der Waals surface area contributed by atoms with Crippen molar-refractivity contribution in [3.63, 3.8) is 0 Å². The van der Waals surface area contributed by atoms with Gasteiger partial charge in [0.05, 0.1) is 0 Å². The Morgan fingerprint density at radius 2 is 2.19 bits per heavy atom. The van der Waals surface area contributed by atoms with Gasteiger partial charge in [-0.25, -0.2) is 4.98 Å². The van der Waals surface area contributed by atoms with Crippen LogP contribution in [0.2, 0.25) is 0 Å². The minimum atomic E-state index is 0.295. The number of hydrogen-bond acceptors (Lipinski definition) is 3. The molecule has 1 saturated carbocycles. The molecule has 0 bridgehead atoms. The fourth-order valence-electron chi connectivity index (χ4n) is 2.37. The van der Waals surface area contributed by atoms with Crippen LogP contribution in [0.1, 0.15) is 24.8 Å². The van der Waals surface area contributed by atoms with Crippen molar-refractivity contribution >= 4 is 0 Å². The van der Waals surface area contributed by atoms with Gasteiger partial charge in [-0.1, -0.05) is 6.07 Å². The summed E-state index contributed by atoms with van der Waals surface area (Å²) in [5.41, 5.74) is 1.12. The molecule has 0 N–H and O–H groups in total. The van der Waals surface area contributed by atoms with Crippen molar-refractivity contribution in [2.75, 3.05) is 14.1 Å². The molecule has 2 unspecified atom stereocenters. The van der Waals surface area contributed by atoms with Gasteiger partial charge in [0.2, 0.25) is 5.88 Å². The fraction of sp³-hybridized carbons (Fsp3) is 0.615. The van der Waals surface area contributed by atoms with Gasteiger partial charge in [0.1, 0.15) is 6.10 Å². The Balaban J connectivity index is 2.07. The van der Waals surface area contributed by atoms with Gasteiger partial charge >= 0.3 is 0 Å². The first-order chi connectivity index (χ1) is 7.68. The monoisotopic (exact) mass is 220 g/mol. The molecule has 16 heavy (non-hydrogen) atoms. The Morgan fingerprint density at radius 3 is 2.88 bits per heavy atom. The fourth-order valence-corrected chi connectivity index (χ4v) is 2.37. The molecule has 1 aliphatic carbocycles. The van der Waals surface area contributed by atoms with Gasteiger partial charge < -0.3 is 9.64 Å². The molecular weight excluding hydrogens is 200 g/mol. The molecule has 3 nitrogen and oxygen atoms in total. The second kappa shape index (κ2) is 4.83. The standard InChI is InChI=1S/C13H20N2O/c1-10-6-5-9-14-13(10)16-12-8-4-7-11(12)15(2)3/h5-6,9,11-12H,4,7-8H2,1-3H3. The Hall–Kier alpha value is -1.09. The van der Waals surface area contributed by atoms with Crippen molar-refractivity contribution in [1.82, 2.24) is 9.88 Å². The summed E-state index contributed by atoms with van der Waals surface area (Å²) in [7, 11) is 4.25. The normalized spacial score (nSPS) is 25.0. The highest BCUT2D eigenvalue weighted by Crippen LogP contribution is 2.27. The lowest BCUT2D eigenvalue weighted by Crippen LogP contribution is -2.38. The van der Waals surface area contributed by atoms with Crippen LogP contribution in [0.3, 0.4) is 0 Å². The van der Waals surface area contributed by atoms with E-state index < -0.39 is 0 Å². The van der Waals surface area contributed by atoms with Crippen LogP contribution in [-0.2, 0) is 0 Å². The smallest absolute Gasteiger partial charge is 0.216 e. The average molecular weight is 220 g/mol. The van der Waals surface area contributed by atoms with Crippen molar-refractivity contribution in [3.05, 3.63) is 23.9 Å². The predicted molar refractivity (Wildman–Crippen MR) is 64.7 cm³/mol. The van der Waals surface area contributed by atoms with E-state index in [9.17, 15) is 0 Å². The number of pyridine rings is 1. The Labute approximate surface area is 97.4 Å². The van der Waals surface area contributed by atoms with Crippen LogP contribution in [-0.4, -0.2) is 36.1 Å². The largest absolute Gasteiger partial charge is 0.472 e. The average Bonchev–Trinajstić information content (AvgIpc) is 2.69. The molecule has 0 spiro atoms. The van der Waals surface area contributed by atoms with Crippen LogP contribution in [0.5, 0.6) is 5.88 Å². The lowest BCUT2D eigenvalue weighted by Gasteiger charge is -2.26. The molecule has 0 aromatic carbocycles. The molecule has 2 rings (SSSR count). The number of aromatic nitrogens is 1. The SMILES string of the molecule is Cc1cccnc1OC1CCCC1N(C)C. The maximum atomic E-state index is 6.03. The van der Waals surface area contributed by atoms with E-state index in [0.717, 1.165) is 17.9 Å². The summed E-state index contributed by atoms with van der Waals surface area (Å²) >= 11 is 0. The van der Waals surface area contributed by atoms with Gasteiger partial charge in [0.15, 0.2) is 0 Å². The van der Waals surface area contributed by atoms with E-state index in [4.69, 9.17) is 4.74 Å². The molecule has 0 amide bonds. The lowest BCUT2D eigenvalue weighted by molar-refractivity contribution is 0.116. The number of likely N-dealkylation sites (N-methyl/N-ethyl adjacent to an activating group) is 1. The summed E-state index contributed by atoms with van der Waals surface area (Å²) in [6.07, 6.45) is 5.70. The van der Waals surface area contributed by atoms with E-state index >= 15 is 0 Å². The summed E-state index contributed by atoms with van der Waals surface area (Å²) in [5.74, 6) is 0.793. The zero-order valence-electron chi connectivity index (χ0n) is 10.3. The van der Waals surface area contributed by atoms with E-state index in [1.54, 1.807) is 6.20 Å². The first-order valence-electron chi connectivity index (χ1n) is 5.93. The Kier molecular flexibility index (Phi) is 3.44. The summed E-state index contributed by atoms with van der Waals surface area (Å²) < 4.78 is 6.03. The molecule has 3 heteroatoms. The molecule has 0 saturated heterocycles. The lowest BCUT2D eigenvalue weighted by atomic mass is 10.2. The zero-order valence-corrected chi connectivity index (χ0v) is 10.3. The number of aryl methyl sites for hydroxylation is 1. The van der Waals surface area contributed by atoms with E-state index in [2.05, 4.69) is 24.0 Å². The molecule has 1 aromatic rings. The Morgan fingerprint density at radius 1 is 1.38 bits per heavy atom. The highest BCUT2D eigenvalue weighted by atomic mass is 16.5. The third-order valence-electron chi connectivity index (χ3n) is 3.31. The van der Waals surface area contributed by atoms with E-state index in [-0.39, 0.29) is 0 Å². The van der Waals surface area contributed by atoms with Crippen molar-refractivity contribution in [2.24, 2.45) is 0 Å². The maximum Gasteiger partial charge on any atom is 0.216 e. The van der Waals surface area contributed by atoms with Gasteiger partial charge in [0.25, 0.3) is 0 Å². The van der Waals surface area contributed by atoms with Crippen LogP contribution < -0.4 is 4.74 Å². The number of ether oxygens (including phenoxy) is 1. The highest BCUT2D eigenvalue weighted by Gasteiger charge is 2.30. The van der Waals surface area contributed by atoms with Gasteiger partial charge in [0, 0.05) is 17.8 Å². The molecule has 2 atom stereocenters. The first-order valence-corrected chi connectivity index (χ1v) is 5.93. The molecule has 1 fully saturated rings. The number of hydrogen-bond donors (Lipinski definition) is 0. The molecule has 1 aliphatic rings. The Bertz CT molecular complexity index is 352. The predicted octanol–water partition coefficient (Wildman–Crippen LogP) is 2.25. The van der Waals surface area contributed by atoms with Gasteiger partial charge in [-0.05, 0) is 46.3 Å². The zero-order chi connectivity index (χ0) is 11.5. The van der Waals surface area contributed by atoms with Crippen LogP contribution in [0.15, 0.2) is 18.3 Å². The first kappa shape index (κ1) is 11.4. The van der Waals surface area contributed by atoms with E-state index in [1.807, 2.05) is 19.1 Å². The molecule has 1 heterocycles. The van der Waals surface area contributed by atoms with Crippen molar-refractivity contribution in [2.45, 2.75) is 38.3 Å². The van der Waals surface area contributed by atoms with E-state index in [0.29, 0.717) is 12.1 Å². The van der Waals surface area contributed by atoms with Gasteiger partial charge in [-0.2, -0.15) is 0 Å². The molecule has 1 aromatic heterocycles. The quantitative estimate of drug-likeness (QED) is 0.781. The number of nitrogens with zero attached hydrogens (tertiary/aromatic N) is 2. The molecular formula is C13H20N2O. The third-order valence-corrected chi connectivity index (χ3v) is 3.31. The van der Waals surface area contributed by atoms with Crippen molar-refractivity contribution in [3.8, 4) is 5.88 Å². The minimum absolute atomic E-state index is 0.295. The van der Waals surface area contributed by atoms with Crippen molar-refractivity contribution in [1.29, 1.82) is 0 Å². The molecule has 88 valence electrons. The van der Waals surface area contributed by atoms with Crippen molar-refractivity contribution < 1.29 is 4.74 Å². The topological polar surface area (TPSA) is 25.4 Å². The summed E-state index contributed by atoms with van der Waals surface area (Å²) in [6, 6.07) is 4.52. The molecule has 0 aliphatic heterocycles. The summed E-state index contributed by atoms with van der Waals surface area (Å²) in [5, 5.41) is 0. The van der Waals surface area contributed by atoms with Crippen LogP contribution in [0.4, 0.5) is 0 Å². The minimum Gasteiger partial charge on any atom is -0.472 e. The highest BCUT2D eigenvalue weighted by molar-refractivity contribution is 5.23. The van der Waals surface area contributed by atoms with Crippen LogP contribution in [0, 0.1) is 6.92 Å². The summed E-state index contributed by atoms with van der Waals surface area (Å²) in [4.78, 5) is 6.55.